The monoisotopic (exact) mass is 274 g/mol. The molecule has 110 valence electrons. The summed E-state index contributed by atoms with van der Waals surface area (Å²) in [6.45, 7) is 5.52. The zero-order chi connectivity index (χ0) is 14.6. The molecule has 0 atom stereocenters. The van der Waals surface area contributed by atoms with E-state index in [2.05, 4.69) is 37.4 Å². The van der Waals surface area contributed by atoms with Gasteiger partial charge in [-0.3, -0.25) is 4.79 Å². The van der Waals surface area contributed by atoms with E-state index in [-0.39, 0.29) is 11.3 Å². The van der Waals surface area contributed by atoms with Crippen LogP contribution in [0.2, 0.25) is 0 Å². The number of aryl methyl sites for hydroxylation is 2. The first-order chi connectivity index (χ1) is 9.54. The van der Waals surface area contributed by atoms with Crippen LogP contribution in [0.4, 0.5) is 0 Å². The van der Waals surface area contributed by atoms with E-state index in [0.717, 1.165) is 24.9 Å². The third kappa shape index (κ3) is 3.60. The molecule has 0 aromatic heterocycles. The fourth-order valence-electron chi connectivity index (χ4n) is 3.09. The van der Waals surface area contributed by atoms with Crippen LogP contribution >= 0.6 is 0 Å². The van der Waals surface area contributed by atoms with Gasteiger partial charge in [0.05, 0.1) is 6.42 Å². The van der Waals surface area contributed by atoms with Crippen LogP contribution in [0.1, 0.15) is 42.4 Å². The van der Waals surface area contributed by atoms with Gasteiger partial charge in [0.2, 0.25) is 5.91 Å². The molecule has 1 saturated carbocycles. The lowest BCUT2D eigenvalue weighted by Crippen LogP contribution is -2.41. The maximum atomic E-state index is 12.1. The Hall–Kier alpha value is -1.35. The number of hydrogen-bond donors (Lipinski definition) is 2. The van der Waals surface area contributed by atoms with Crippen molar-refractivity contribution in [1.82, 2.24) is 5.32 Å². The second-order valence-corrected chi connectivity index (χ2v) is 6.29. The Balaban J connectivity index is 1.91. The van der Waals surface area contributed by atoms with Crippen molar-refractivity contribution in [3.63, 3.8) is 0 Å². The summed E-state index contributed by atoms with van der Waals surface area (Å²) in [6.07, 6.45) is 5.24. The average Bonchev–Trinajstić information content (AvgIpc) is 2.90. The van der Waals surface area contributed by atoms with Crippen molar-refractivity contribution < 1.29 is 4.79 Å². The molecule has 0 radical (unpaired) electrons. The Morgan fingerprint density at radius 2 is 2.00 bits per heavy atom. The van der Waals surface area contributed by atoms with E-state index in [4.69, 9.17) is 5.73 Å². The maximum absolute atomic E-state index is 12.1. The highest BCUT2D eigenvalue weighted by Crippen LogP contribution is 2.36. The van der Waals surface area contributed by atoms with E-state index in [1.165, 1.54) is 24.0 Å². The summed E-state index contributed by atoms with van der Waals surface area (Å²) in [7, 11) is 0. The van der Waals surface area contributed by atoms with Gasteiger partial charge in [-0.15, -0.1) is 0 Å². The third-order valence-electron chi connectivity index (χ3n) is 4.61. The zero-order valence-electron chi connectivity index (χ0n) is 12.7. The van der Waals surface area contributed by atoms with Crippen molar-refractivity contribution in [2.24, 2.45) is 11.1 Å². The summed E-state index contributed by atoms with van der Waals surface area (Å²) in [4.78, 5) is 12.1. The predicted octanol–water partition coefficient (Wildman–Crippen LogP) is 2.48. The number of rotatable bonds is 5. The van der Waals surface area contributed by atoms with Gasteiger partial charge in [-0.05, 0) is 49.8 Å². The SMILES string of the molecule is Cc1ccc(C)c(CC(=O)NCC2(CN)CCCC2)c1. The second-order valence-electron chi connectivity index (χ2n) is 6.29. The van der Waals surface area contributed by atoms with Crippen LogP contribution in [-0.2, 0) is 11.2 Å². The molecule has 0 saturated heterocycles. The van der Waals surface area contributed by atoms with Gasteiger partial charge >= 0.3 is 0 Å². The molecule has 20 heavy (non-hydrogen) atoms. The Labute approximate surface area is 121 Å². The number of benzene rings is 1. The number of nitrogens with one attached hydrogen (secondary N) is 1. The summed E-state index contributed by atoms with van der Waals surface area (Å²) in [5.41, 5.74) is 9.55. The van der Waals surface area contributed by atoms with E-state index in [9.17, 15) is 4.79 Å². The Morgan fingerprint density at radius 3 is 2.65 bits per heavy atom. The van der Waals surface area contributed by atoms with E-state index in [0.29, 0.717) is 13.0 Å². The quantitative estimate of drug-likeness (QED) is 0.866. The van der Waals surface area contributed by atoms with Gasteiger partial charge in [0.15, 0.2) is 0 Å². The van der Waals surface area contributed by atoms with E-state index < -0.39 is 0 Å². The highest BCUT2D eigenvalue weighted by Gasteiger charge is 2.32. The molecule has 0 bridgehead atoms. The van der Waals surface area contributed by atoms with Crippen molar-refractivity contribution in [2.45, 2.75) is 46.0 Å². The standard InChI is InChI=1S/C17H26N2O/c1-13-5-6-14(2)15(9-13)10-16(20)19-12-17(11-18)7-3-4-8-17/h5-6,9H,3-4,7-8,10-12,18H2,1-2H3,(H,19,20). The van der Waals surface area contributed by atoms with Crippen molar-refractivity contribution in [1.29, 1.82) is 0 Å². The molecule has 0 spiro atoms. The lowest BCUT2D eigenvalue weighted by Gasteiger charge is -2.27. The van der Waals surface area contributed by atoms with Gasteiger partial charge in [-0.1, -0.05) is 36.6 Å². The molecule has 1 aliphatic rings. The normalized spacial score (nSPS) is 17.1. The number of carbonyl (C=O) groups is 1. The minimum Gasteiger partial charge on any atom is -0.355 e. The Kier molecular flexibility index (Phi) is 4.81. The molecule has 3 N–H and O–H groups in total. The number of nitrogens with two attached hydrogens (primary N) is 1. The zero-order valence-corrected chi connectivity index (χ0v) is 12.7. The van der Waals surface area contributed by atoms with E-state index in [1.54, 1.807) is 0 Å². The molecule has 3 nitrogen and oxygen atoms in total. The first-order valence-electron chi connectivity index (χ1n) is 7.58. The van der Waals surface area contributed by atoms with Gasteiger partial charge in [-0.2, -0.15) is 0 Å². The molecular weight excluding hydrogens is 248 g/mol. The molecular formula is C17H26N2O. The van der Waals surface area contributed by atoms with Crippen LogP contribution in [0, 0.1) is 19.3 Å². The van der Waals surface area contributed by atoms with Crippen molar-refractivity contribution in [2.75, 3.05) is 13.1 Å². The highest BCUT2D eigenvalue weighted by molar-refractivity contribution is 5.79. The van der Waals surface area contributed by atoms with E-state index >= 15 is 0 Å². The van der Waals surface area contributed by atoms with Gasteiger partial charge < -0.3 is 11.1 Å². The lowest BCUT2D eigenvalue weighted by molar-refractivity contribution is -0.120. The first kappa shape index (κ1) is 15.0. The molecule has 0 aliphatic heterocycles. The largest absolute Gasteiger partial charge is 0.355 e. The molecule has 0 unspecified atom stereocenters. The maximum Gasteiger partial charge on any atom is 0.224 e. The summed E-state index contributed by atoms with van der Waals surface area (Å²) in [5.74, 6) is 0.110. The van der Waals surface area contributed by atoms with Crippen molar-refractivity contribution in [3.05, 3.63) is 34.9 Å². The predicted molar refractivity (Wildman–Crippen MR) is 82.6 cm³/mol. The van der Waals surface area contributed by atoms with Crippen LogP contribution in [0.5, 0.6) is 0 Å². The van der Waals surface area contributed by atoms with Gasteiger partial charge in [0.1, 0.15) is 0 Å². The summed E-state index contributed by atoms with van der Waals surface area (Å²) in [5, 5.41) is 3.09. The molecule has 0 heterocycles. The van der Waals surface area contributed by atoms with Crippen molar-refractivity contribution in [3.8, 4) is 0 Å². The molecule has 2 rings (SSSR count). The molecule has 1 aromatic carbocycles. The summed E-state index contributed by atoms with van der Waals surface area (Å²) in [6, 6.07) is 6.26. The fourth-order valence-corrected chi connectivity index (χ4v) is 3.09. The molecule has 3 heteroatoms. The molecule has 1 fully saturated rings. The molecule has 1 amide bonds. The highest BCUT2D eigenvalue weighted by atomic mass is 16.1. The minimum atomic E-state index is 0.110. The number of amides is 1. The number of hydrogen-bond acceptors (Lipinski definition) is 2. The van der Waals surface area contributed by atoms with Gasteiger partial charge in [0.25, 0.3) is 0 Å². The van der Waals surface area contributed by atoms with E-state index in [1.807, 2.05) is 0 Å². The van der Waals surface area contributed by atoms with Crippen LogP contribution in [0.25, 0.3) is 0 Å². The fraction of sp³-hybridized carbons (Fsp3) is 0.588. The first-order valence-corrected chi connectivity index (χ1v) is 7.58. The van der Waals surface area contributed by atoms with Crippen molar-refractivity contribution >= 4 is 5.91 Å². The molecule has 1 aliphatic carbocycles. The van der Waals surface area contributed by atoms with Gasteiger partial charge in [-0.25, -0.2) is 0 Å². The van der Waals surface area contributed by atoms with Crippen LogP contribution in [0.3, 0.4) is 0 Å². The second kappa shape index (κ2) is 6.40. The minimum absolute atomic E-state index is 0.110. The summed E-state index contributed by atoms with van der Waals surface area (Å²) < 4.78 is 0. The topological polar surface area (TPSA) is 55.1 Å². The Bertz CT molecular complexity index is 476. The average molecular weight is 274 g/mol. The number of carbonyl (C=O) groups excluding carboxylic acids is 1. The lowest BCUT2D eigenvalue weighted by atomic mass is 9.86. The Morgan fingerprint density at radius 1 is 1.30 bits per heavy atom. The van der Waals surface area contributed by atoms with Crippen LogP contribution < -0.4 is 11.1 Å². The van der Waals surface area contributed by atoms with Gasteiger partial charge in [0, 0.05) is 6.54 Å². The smallest absolute Gasteiger partial charge is 0.224 e. The molecule has 1 aromatic rings. The van der Waals surface area contributed by atoms with Crippen LogP contribution in [-0.4, -0.2) is 19.0 Å². The van der Waals surface area contributed by atoms with Crippen LogP contribution in [0.15, 0.2) is 18.2 Å². The third-order valence-corrected chi connectivity index (χ3v) is 4.61. The summed E-state index contributed by atoms with van der Waals surface area (Å²) >= 11 is 0.